The zero-order valence-corrected chi connectivity index (χ0v) is 13.1. The van der Waals surface area contributed by atoms with E-state index in [0.717, 1.165) is 43.4 Å². The van der Waals surface area contributed by atoms with Crippen LogP contribution in [-0.2, 0) is 13.0 Å². The summed E-state index contributed by atoms with van der Waals surface area (Å²) < 4.78 is 5.79. The van der Waals surface area contributed by atoms with Crippen molar-refractivity contribution in [2.24, 2.45) is 0 Å². The van der Waals surface area contributed by atoms with E-state index >= 15 is 0 Å². The van der Waals surface area contributed by atoms with Crippen molar-refractivity contribution in [3.63, 3.8) is 0 Å². The van der Waals surface area contributed by atoms with Crippen LogP contribution in [0.2, 0.25) is 5.02 Å². The van der Waals surface area contributed by atoms with E-state index in [0.29, 0.717) is 5.54 Å². The van der Waals surface area contributed by atoms with Crippen LogP contribution in [0.3, 0.4) is 0 Å². The number of benzene rings is 1. The van der Waals surface area contributed by atoms with Crippen molar-refractivity contribution in [2.45, 2.75) is 38.3 Å². The highest BCUT2D eigenvalue weighted by Gasteiger charge is 2.29. The van der Waals surface area contributed by atoms with Crippen LogP contribution in [0.15, 0.2) is 12.1 Å². The Morgan fingerprint density at radius 2 is 2.10 bits per heavy atom. The molecule has 3 rings (SSSR count). The molecular weight excluding hydrogens is 272 g/mol. The molecule has 1 aromatic rings. The molecule has 4 heteroatoms. The Morgan fingerprint density at radius 3 is 2.80 bits per heavy atom. The van der Waals surface area contributed by atoms with Crippen molar-refractivity contribution in [3.05, 3.63) is 28.3 Å². The van der Waals surface area contributed by atoms with Crippen LogP contribution in [0.25, 0.3) is 0 Å². The highest BCUT2D eigenvalue weighted by Crippen LogP contribution is 2.34. The third-order valence-corrected chi connectivity index (χ3v) is 5.00. The van der Waals surface area contributed by atoms with Crippen molar-refractivity contribution >= 4 is 11.6 Å². The number of rotatable bonds is 3. The van der Waals surface area contributed by atoms with Crippen LogP contribution in [0.5, 0.6) is 5.75 Å². The van der Waals surface area contributed by atoms with Crippen LogP contribution in [0, 0.1) is 0 Å². The summed E-state index contributed by atoms with van der Waals surface area (Å²) in [6.07, 6.45) is 3.36. The number of ether oxygens (including phenoxy) is 1. The first-order chi connectivity index (χ1) is 9.59. The third kappa shape index (κ3) is 2.80. The first-order valence-corrected chi connectivity index (χ1v) is 7.83. The lowest BCUT2D eigenvalue weighted by Gasteiger charge is -2.39. The fourth-order valence-electron chi connectivity index (χ4n) is 3.16. The van der Waals surface area contributed by atoms with E-state index in [4.69, 9.17) is 16.3 Å². The molecule has 0 amide bonds. The summed E-state index contributed by atoms with van der Waals surface area (Å²) in [4.78, 5) is 2.51. The zero-order valence-electron chi connectivity index (χ0n) is 12.3. The maximum absolute atomic E-state index is 6.23. The third-order valence-electron chi connectivity index (χ3n) is 4.78. The molecule has 2 heterocycles. The Morgan fingerprint density at radius 1 is 1.35 bits per heavy atom. The Balaban J connectivity index is 1.71. The van der Waals surface area contributed by atoms with E-state index < -0.39 is 0 Å². The average molecular weight is 295 g/mol. The maximum atomic E-state index is 6.23. The molecule has 0 bridgehead atoms. The number of likely N-dealkylation sites (tertiary alicyclic amines) is 1. The van der Waals surface area contributed by atoms with E-state index in [-0.39, 0.29) is 0 Å². The number of hydrogen-bond acceptors (Lipinski definition) is 3. The first-order valence-electron chi connectivity index (χ1n) is 7.45. The summed E-state index contributed by atoms with van der Waals surface area (Å²) >= 11 is 6.23. The molecule has 0 aromatic heterocycles. The molecule has 1 fully saturated rings. The molecule has 0 spiro atoms. The highest BCUT2D eigenvalue weighted by molar-refractivity contribution is 6.30. The largest absolute Gasteiger partial charge is 0.493 e. The maximum Gasteiger partial charge on any atom is 0.127 e. The van der Waals surface area contributed by atoms with E-state index in [2.05, 4.69) is 30.3 Å². The number of nitrogens with one attached hydrogen (secondary N) is 1. The first kappa shape index (κ1) is 14.2. The van der Waals surface area contributed by atoms with Crippen molar-refractivity contribution < 1.29 is 4.74 Å². The molecule has 3 nitrogen and oxygen atoms in total. The van der Waals surface area contributed by atoms with Gasteiger partial charge in [-0.25, -0.2) is 0 Å². The zero-order chi connectivity index (χ0) is 14.2. The van der Waals surface area contributed by atoms with E-state index in [1.807, 2.05) is 6.07 Å². The molecule has 1 N–H and O–H groups in total. The number of nitrogens with zero attached hydrogens (tertiary/aromatic N) is 1. The lowest BCUT2D eigenvalue weighted by atomic mass is 9.89. The van der Waals surface area contributed by atoms with Gasteiger partial charge >= 0.3 is 0 Å². The Hall–Kier alpha value is -0.770. The van der Waals surface area contributed by atoms with Gasteiger partial charge < -0.3 is 10.1 Å². The average Bonchev–Trinajstić information content (AvgIpc) is 2.90. The number of fused-ring (bicyclic) bond motifs is 1. The summed E-state index contributed by atoms with van der Waals surface area (Å²) in [6.45, 7) is 6.30. The van der Waals surface area contributed by atoms with Crippen molar-refractivity contribution in [3.8, 4) is 5.75 Å². The second-order valence-electron chi connectivity index (χ2n) is 6.24. The van der Waals surface area contributed by atoms with Gasteiger partial charge in [0.15, 0.2) is 0 Å². The lowest BCUT2D eigenvalue weighted by molar-refractivity contribution is 0.145. The van der Waals surface area contributed by atoms with Crippen molar-refractivity contribution in [2.75, 3.05) is 26.7 Å². The predicted molar refractivity (Wildman–Crippen MR) is 82.6 cm³/mol. The molecule has 0 atom stereocenters. The summed E-state index contributed by atoms with van der Waals surface area (Å²) in [5, 5.41) is 4.28. The summed E-state index contributed by atoms with van der Waals surface area (Å²) in [5.41, 5.74) is 2.81. The van der Waals surface area contributed by atoms with Gasteiger partial charge in [0.05, 0.1) is 6.61 Å². The molecule has 20 heavy (non-hydrogen) atoms. The van der Waals surface area contributed by atoms with Crippen LogP contribution in [0.1, 0.15) is 30.9 Å². The topological polar surface area (TPSA) is 24.5 Å². The Labute approximate surface area is 126 Å². The van der Waals surface area contributed by atoms with E-state index in [1.54, 1.807) is 0 Å². The van der Waals surface area contributed by atoms with Gasteiger partial charge in [-0.05, 0) is 44.5 Å². The monoisotopic (exact) mass is 294 g/mol. The highest BCUT2D eigenvalue weighted by atomic mass is 35.5. The summed E-state index contributed by atoms with van der Waals surface area (Å²) in [5.74, 6) is 1.08. The smallest absolute Gasteiger partial charge is 0.127 e. The lowest BCUT2D eigenvalue weighted by Crippen LogP contribution is -2.49. The second kappa shape index (κ2) is 5.55. The molecule has 1 saturated heterocycles. The second-order valence-corrected chi connectivity index (χ2v) is 6.67. The molecule has 0 saturated carbocycles. The van der Waals surface area contributed by atoms with Crippen LogP contribution in [-0.4, -0.2) is 37.2 Å². The van der Waals surface area contributed by atoms with Crippen LogP contribution in [0.4, 0.5) is 0 Å². The van der Waals surface area contributed by atoms with Crippen LogP contribution >= 0.6 is 11.6 Å². The molecular formula is C16H23ClN2O. The molecule has 2 aliphatic rings. The fraction of sp³-hybridized carbons (Fsp3) is 0.625. The minimum absolute atomic E-state index is 0.295. The van der Waals surface area contributed by atoms with Crippen molar-refractivity contribution in [1.82, 2.24) is 10.2 Å². The summed E-state index contributed by atoms with van der Waals surface area (Å²) in [6, 6.07) is 4.11. The van der Waals surface area contributed by atoms with Gasteiger partial charge in [0.2, 0.25) is 0 Å². The number of halogens is 1. The molecule has 110 valence electrons. The van der Waals surface area contributed by atoms with Gasteiger partial charge in [0.25, 0.3) is 0 Å². The molecule has 0 radical (unpaired) electrons. The van der Waals surface area contributed by atoms with Gasteiger partial charge in [-0.15, -0.1) is 0 Å². The van der Waals surface area contributed by atoms with Gasteiger partial charge in [0, 0.05) is 42.2 Å². The molecule has 2 aliphatic heterocycles. The van der Waals surface area contributed by atoms with Gasteiger partial charge in [-0.2, -0.15) is 0 Å². The minimum Gasteiger partial charge on any atom is -0.493 e. The predicted octanol–water partition coefficient (Wildman–Crippen LogP) is 2.85. The Kier molecular flexibility index (Phi) is 3.93. The minimum atomic E-state index is 0.295. The van der Waals surface area contributed by atoms with E-state index in [1.165, 1.54) is 24.0 Å². The van der Waals surface area contributed by atoms with Crippen LogP contribution < -0.4 is 10.1 Å². The quantitative estimate of drug-likeness (QED) is 0.928. The van der Waals surface area contributed by atoms with E-state index in [9.17, 15) is 0 Å². The SMILES string of the molecule is CNC1(C)CCN(Cc2cc(Cl)cc3c2OCC3)CC1. The standard InChI is InChI=1S/C16H23ClN2O/c1-16(18-2)4-6-19(7-5-16)11-13-10-14(17)9-12-3-8-20-15(12)13/h9-10,18H,3-8,11H2,1-2H3. The normalized spacial score (nSPS) is 21.6. The van der Waals surface area contributed by atoms with Gasteiger partial charge in [0.1, 0.15) is 5.75 Å². The molecule has 0 unspecified atom stereocenters. The summed E-state index contributed by atoms with van der Waals surface area (Å²) in [7, 11) is 2.06. The number of hydrogen-bond donors (Lipinski definition) is 1. The number of piperidine rings is 1. The molecule has 1 aromatic carbocycles. The molecule has 0 aliphatic carbocycles. The van der Waals surface area contributed by atoms with Gasteiger partial charge in [-0.1, -0.05) is 11.6 Å². The van der Waals surface area contributed by atoms with Crippen molar-refractivity contribution in [1.29, 1.82) is 0 Å². The Bertz CT molecular complexity index is 495. The fourth-order valence-corrected chi connectivity index (χ4v) is 3.42. The van der Waals surface area contributed by atoms with Gasteiger partial charge in [-0.3, -0.25) is 4.90 Å².